The van der Waals surface area contributed by atoms with Crippen LogP contribution in [0.1, 0.15) is 33.3 Å². The second kappa shape index (κ2) is 7.86. The van der Waals surface area contributed by atoms with Gasteiger partial charge in [0, 0.05) is 5.56 Å². The van der Waals surface area contributed by atoms with Crippen molar-refractivity contribution in [1.29, 1.82) is 0 Å². The van der Waals surface area contributed by atoms with Crippen molar-refractivity contribution >= 4 is 23.0 Å². The second-order valence-electron chi connectivity index (χ2n) is 5.91. The molecule has 6 nitrogen and oxygen atoms in total. The summed E-state index contributed by atoms with van der Waals surface area (Å²) in [6, 6.07) is 8.79. The zero-order valence-corrected chi connectivity index (χ0v) is 15.4. The Labute approximate surface area is 163 Å². The molecular weight excluding hydrogens is 389 g/mol. The second-order valence-corrected chi connectivity index (χ2v) is 5.91. The minimum absolute atomic E-state index is 0.0279. The predicted molar refractivity (Wildman–Crippen MR) is 97.3 cm³/mol. The summed E-state index contributed by atoms with van der Waals surface area (Å²) >= 11 is 0. The van der Waals surface area contributed by atoms with E-state index in [1.54, 1.807) is 6.92 Å². The molecule has 150 valence electrons. The fourth-order valence-electron chi connectivity index (χ4n) is 2.66. The zero-order chi connectivity index (χ0) is 21.2. The summed E-state index contributed by atoms with van der Waals surface area (Å²) in [5, 5.41) is 0. The summed E-state index contributed by atoms with van der Waals surface area (Å²) in [4.78, 5) is 32.4. The number of alkyl halides is 3. The highest BCUT2D eigenvalue weighted by molar-refractivity contribution is 5.97. The Morgan fingerprint density at radius 2 is 1.66 bits per heavy atom. The highest BCUT2D eigenvalue weighted by atomic mass is 19.4. The van der Waals surface area contributed by atoms with E-state index >= 15 is 0 Å². The molecular formula is C20H15F3N2O4. The molecule has 0 atom stereocenters. The van der Waals surface area contributed by atoms with E-state index in [1.165, 1.54) is 31.4 Å². The van der Waals surface area contributed by atoms with Crippen molar-refractivity contribution in [2.24, 2.45) is 0 Å². The van der Waals surface area contributed by atoms with Gasteiger partial charge in [-0.05, 0) is 37.3 Å². The van der Waals surface area contributed by atoms with Crippen molar-refractivity contribution in [2.45, 2.75) is 13.1 Å². The number of benzene rings is 2. The minimum Gasteiger partial charge on any atom is -0.465 e. The van der Waals surface area contributed by atoms with Crippen LogP contribution in [0.15, 0.2) is 42.5 Å². The van der Waals surface area contributed by atoms with Crippen molar-refractivity contribution in [1.82, 2.24) is 9.97 Å². The lowest BCUT2D eigenvalue weighted by Gasteiger charge is -2.11. The van der Waals surface area contributed by atoms with E-state index in [-0.39, 0.29) is 34.6 Å². The largest absolute Gasteiger partial charge is 0.465 e. The monoisotopic (exact) mass is 404 g/mol. The first-order valence-electron chi connectivity index (χ1n) is 8.49. The number of rotatable bonds is 4. The number of fused-ring (bicyclic) bond motifs is 1. The fourth-order valence-corrected chi connectivity index (χ4v) is 2.66. The molecule has 3 aromatic rings. The first-order valence-corrected chi connectivity index (χ1v) is 8.49. The summed E-state index contributed by atoms with van der Waals surface area (Å²) in [5.74, 6) is -1.31. The third kappa shape index (κ3) is 4.18. The Bertz CT molecular complexity index is 1080. The van der Waals surface area contributed by atoms with Crippen LogP contribution in [-0.4, -0.2) is 35.6 Å². The molecule has 0 spiro atoms. The number of ether oxygens (including phenoxy) is 2. The third-order valence-corrected chi connectivity index (χ3v) is 4.04. The zero-order valence-electron chi connectivity index (χ0n) is 15.4. The minimum atomic E-state index is -4.54. The molecule has 0 aliphatic heterocycles. The van der Waals surface area contributed by atoms with E-state index in [0.29, 0.717) is 5.56 Å². The van der Waals surface area contributed by atoms with E-state index in [4.69, 9.17) is 4.74 Å². The topological polar surface area (TPSA) is 78.4 Å². The van der Waals surface area contributed by atoms with Crippen LogP contribution in [0, 0.1) is 0 Å². The molecule has 3 rings (SSSR count). The first kappa shape index (κ1) is 20.2. The maximum absolute atomic E-state index is 13.0. The summed E-state index contributed by atoms with van der Waals surface area (Å²) in [7, 11) is 1.24. The van der Waals surface area contributed by atoms with Crippen LogP contribution in [0.25, 0.3) is 22.3 Å². The quantitative estimate of drug-likeness (QED) is 0.604. The van der Waals surface area contributed by atoms with Gasteiger partial charge in [-0.1, -0.05) is 12.1 Å². The predicted octanol–water partition coefficient (Wildman–Crippen LogP) is 4.28. The number of hydrogen-bond acceptors (Lipinski definition) is 6. The van der Waals surface area contributed by atoms with E-state index in [0.717, 1.165) is 18.2 Å². The van der Waals surface area contributed by atoms with Gasteiger partial charge in [-0.2, -0.15) is 13.2 Å². The lowest BCUT2D eigenvalue weighted by atomic mass is 10.1. The number of aromatic nitrogens is 2. The van der Waals surface area contributed by atoms with Crippen LogP contribution in [0.2, 0.25) is 0 Å². The molecule has 29 heavy (non-hydrogen) atoms. The molecule has 0 saturated heterocycles. The third-order valence-electron chi connectivity index (χ3n) is 4.04. The van der Waals surface area contributed by atoms with E-state index < -0.39 is 23.7 Å². The Hall–Kier alpha value is -3.49. The molecule has 0 aliphatic carbocycles. The van der Waals surface area contributed by atoms with E-state index in [9.17, 15) is 22.8 Å². The van der Waals surface area contributed by atoms with Crippen LogP contribution >= 0.6 is 0 Å². The van der Waals surface area contributed by atoms with Crippen LogP contribution in [0.3, 0.4) is 0 Å². The van der Waals surface area contributed by atoms with Crippen molar-refractivity contribution in [3.63, 3.8) is 0 Å². The van der Waals surface area contributed by atoms with Gasteiger partial charge in [-0.3, -0.25) is 0 Å². The molecule has 0 unspecified atom stereocenters. The van der Waals surface area contributed by atoms with E-state index in [1.807, 2.05) is 0 Å². The van der Waals surface area contributed by atoms with Crippen molar-refractivity contribution in [3.8, 4) is 11.3 Å². The highest BCUT2D eigenvalue weighted by Crippen LogP contribution is 2.32. The lowest BCUT2D eigenvalue weighted by molar-refractivity contribution is -0.137. The molecule has 0 aliphatic rings. The Morgan fingerprint density at radius 3 is 2.24 bits per heavy atom. The molecule has 0 fully saturated rings. The number of carbonyl (C=O) groups excluding carboxylic acids is 2. The molecule has 1 heterocycles. The van der Waals surface area contributed by atoms with Crippen molar-refractivity contribution in [2.75, 3.05) is 13.7 Å². The van der Waals surface area contributed by atoms with Gasteiger partial charge >= 0.3 is 18.1 Å². The maximum atomic E-state index is 13.0. The van der Waals surface area contributed by atoms with Gasteiger partial charge in [0.1, 0.15) is 5.69 Å². The summed E-state index contributed by atoms with van der Waals surface area (Å²) in [6.07, 6.45) is -4.54. The standard InChI is InChI=1S/C20H15F3N2O4/c1-3-29-19(27)17-16(11-4-6-12(7-5-11)18(26)28-2)25-15-10-13(20(21,22)23)8-9-14(15)24-17/h4-10H,3H2,1-2H3. The van der Waals surface area contributed by atoms with Crippen molar-refractivity contribution in [3.05, 3.63) is 59.3 Å². The number of esters is 2. The van der Waals surface area contributed by atoms with Gasteiger partial charge in [0.15, 0.2) is 5.69 Å². The number of nitrogens with zero attached hydrogens (tertiary/aromatic N) is 2. The molecule has 2 aromatic carbocycles. The van der Waals surface area contributed by atoms with Gasteiger partial charge in [-0.25, -0.2) is 19.6 Å². The van der Waals surface area contributed by atoms with Crippen molar-refractivity contribution < 1.29 is 32.2 Å². The summed E-state index contributed by atoms with van der Waals surface area (Å²) in [6.45, 7) is 1.71. The van der Waals surface area contributed by atoms with Gasteiger partial charge < -0.3 is 9.47 Å². The first-order chi connectivity index (χ1) is 13.7. The smallest absolute Gasteiger partial charge is 0.416 e. The fraction of sp³-hybridized carbons (Fsp3) is 0.200. The van der Waals surface area contributed by atoms with Gasteiger partial charge in [-0.15, -0.1) is 0 Å². The van der Waals surface area contributed by atoms with Crippen LogP contribution in [0.5, 0.6) is 0 Å². The van der Waals surface area contributed by atoms with Gasteiger partial charge in [0.05, 0.1) is 35.9 Å². The summed E-state index contributed by atoms with van der Waals surface area (Å²) in [5.41, 5.74) is -0.225. The molecule has 9 heteroatoms. The normalized spacial score (nSPS) is 11.3. The Balaban J connectivity index is 2.19. The SMILES string of the molecule is CCOC(=O)c1nc2ccc(C(F)(F)F)cc2nc1-c1ccc(C(=O)OC)cc1. The Morgan fingerprint density at radius 1 is 0.966 bits per heavy atom. The molecule has 0 bridgehead atoms. The highest BCUT2D eigenvalue weighted by Gasteiger charge is 2.31. The van der Waals surface area contributed by atoms with Gasteiger partial charge in [0.25, 0.3) is 0 Å². The average Bonchev–Trinajstić information content (AvgIpc) is 2.71. The molecule has 1 aromatic heterocycles. The van der Waals surface area contributed by atoms with Crippen LogP contribution < -0.4 is 0 Å². The Kier molecular flexibility index (Phi) is 5.49. The van der Waals surface area contributed by atoms with Crippen LogP contribution in [-0.2, 0) is 15.7 Å². The molecule has 0 N–H and O–H groups in total. The number of halogens is 3. The maximum Gasteiger partial charge on any atom is 0.416 e. The van der Waals surface area contributed by atoms with Gasteiger partial charge in [0.2, 0.25) is 0 Å². The number of methoxy groups -OCH3 is 1. The lowest BCUT2D eigenvalue weighted by Crippen LogP contribution is -2.11. The number of hydrogen-bond donors (Lipinski definition) is 0. The molecule has 0 radical (unpaired) electrons. The molecule has 0 saturated carbocycles. The average molecular weight is 404 g/mol. The van der Waals surface area contributed by atoms with E-state index in [2.05, 4.69) is 14.7 Å². The molecule has 0 amide bonds. The number of carbonyl (C=O) groups is 2. The van der Waals surface area contributed by atoms with Crippen LogP contribution in [0.4, 0.5) is 13.2 Å². The summed E-state index contributed by atoms with van der Waals surface area (Å²) < 4.78 is 48.7.